The highest BCUT2D eigenvalue weighted by atomic mass is 15.1. The van der Waals surface area contributed by atoms with Gasteiger partial charge in [0.1, 0.15) is 0 Å². The van der Waals surface area contributed by atoms with Gasteiger partial charge < -0.3 is 5.32 Å². The molecule has 0 aromatic rings. The quantitative estimate of drug-likeness (QED) is 0.455. The van der Waals surface area contributed by atoms with Crippen LogP contribution in [0.25, 0.3) is 0 Å². The second kappa shape index (κ2) is 9.17. The monoisotopic (exact) mass is 214 g/mol. The van der Waals surface area contributed by atoms with Gasteiger partial charge >= 0.3 is 0 Å². The van der Waals surface area contributed by atoms with Crippen LogP contribution in [0.1, 0.15) is 60.3 Å². The van der Waals surface area contributed by atoms with Gasteiger partial charge in [-0.15, -0.1) is 0 Å². The van der Waals surface area contributed by atoms with E-state index in [0.29, 0.717) is 12.2 Å². The van der Waals surface area contributed by atoms with Crippen LogP contribution in [0.4, 0.5) is 0 Å². The molecule has 0 rings (SSSR count). The van der Waals surface area contributed by atoms with Crippen molar-refractivity contribution in [3.8, 4) is 0 Å². The van der Waals surface area contributed by atoms with Gasteiger partial charge in [-0.25, -0.2) is 0 Å². The molecule has 0 radical (unpaired) electrons. The third-order valence-corrected chi connectivity index (χ3v) is 3.24. The van der Waals surface area contributed by atoms with Crippen LogP contribution in [0, 0.1) is 5.92 Å². The SMILES string of the molecule is CCCCCNC(C)NC(C)C(C)CC. The minimum atomic E-state index is 0.436. The first-order valence-corrected chi connectivity index (χ1v) is 6.61. The number of nitrogens with one attached hydrogen (secondary N) is 2. The molecule has 0 saturated heterocycles. The largest absolute Gasteiger partial charge is 0.302 e. The van der Waals surface area contributed by atoms with Crippen LogP contribution in [-0.4, -0.2) is 18.8 Å². The fourth-order valence-corrected chi connectivity index (χ4v) is 1.66. The summed E-state index contributed by atoms with van der Waals surface area (Å²) in [5.74, 6) is 0.755. The molecule has 0 spiro atoms. The Kier molecular flexibility index (Phi) is 9.12. The van der Waals surface area contributed by atoms with E-state index in [4.69, 9.17) is 0 Å². The Balaban J connectivity index is 3.50. The Morgan fingerprint density at radius 1 is 1.00 bits per heavy atom. The summed E-state index contributed by atoms with van der Waals surface area (Å²) in [4.78, 5) is 0. The highest BCUT2D eigenvalue weighted by Gasteiger charge is 2.11. The number of hydrogen-bond acceptors (Lipinski definition) is 2. The maximum atomic E-state index is 3.60. The Morgan fingerprint density at radius 2 is 1.67 bits per heavy atom. The molecule has 2 nitrogen and oxygen atoms in total. The first-order chi connectivity index (χ1) is 7.11. The summed E-state index contributed by atoms with van der Waals surface area (Å²) >= 11 is 0. The lowest BCUT2D eigenvalue weighted by Crippen LogP contribution is -2.46. The average Bonchev–Trinajstić information content (AvgIpc) is 2.23. The van der Waals surface area contributed by atoms with Crippen molar-refractivity contribution in [2.75, 3.05) is 6.54 Å². The molecular weight excluding hydrogens is 184 g/mol. The molecule has 0 fully saturated rings. The van der Waals surface area contributed by atoms with Crippen LogP contribution in [0.3, 0.4) is 0 Å². The number of rotatable bonds is 9. The number of hydrogen-bond donors (Lipinski definition) is 2. The summed E-state index contributed by atoms with van der Waals surface area (Å²) in [6.07, 6.45) is 5.61. The van der Waals surface area contributed by atoms with Crippen LogP contribution in [0.5, 0.6) is 0 Å². The summed E-state index contributed by atoms with van der Waals surface area (Å²) in [7, 11) is 0. The van der Waals surface area contributed by atoms with E-state index < -0.39 is 0 Å². The van der Waals surface area contributed by atoms with Crippen molar-refractivity contribution >= 4 is 0 Å². The maximum Gasteiger partial charge on any atom is 0.0544 e. The van der Waals surface area contributed by atoms with Crippen molar-refractivity contribution < 1.29 is 0 Å². The summed E-state index contributed by atoms with van der Waals surface area (Å²) < 4.78 is 0. The molecule has 2 N–H and O–H groups in total. The normalized spacial score (nSPS) is 17.4. The minimum absolute atomic E-state index is 0.436. The lowest BCUT2D eigenvalue weighted by Gasteiger charge is -2.25. The lowest BCUT2D eigenvalue weighted by molar-refractivity contribution is 0.327. The molecule has 0 saturated carbocycles. The molecular formula is C13H30N2. The molecule has 0 aromatic heterocycles. The molecule has 15 heavy (non-hydrogen) atoms. The van der Waals surface area contributed by atoms with Gasteiger partial charge in [0, 0.05) is 6.04 Å². The molecule has 2 heteroatoms. The lowest BCUT2D eigenvalue weighted by atomic mass is 10.0. The van der Waals surface area contributed by atoms with Crippen molar-refractivity contribution in [3.05, 3.63) is 0 Å². The molecule has 0 amide bonds. The van der Waals surface area contributed by atoms with Crippen molar-refractivity contribution in [1.29, 1.82) is 0 Å². The second-order valence-electron chi connectivity index (χ2n) is 4.72. The third-order valence-electron chi connectivity index (χ3n) is 3.24. The van der Waals surface area contributed by atoms with Gasteiger partial charge in [0.2, 0.25) is 0 Å². The zero-order valence-corrected chi connectivity index (χ0v) is 11.3. The predicted octanol–water partition coefficient (Wildman–Crippen LogP) is 3.14. The first-order valence-electron chi connectivity index (χ1n) is 6.61. The van der Waals surface area contributed by atoms with E-state index in [-0.39, 0.29) is 0 Å². The smallest absolute Gasteiger partial charge is 0.0544 e. The Bertz CT molecular complexity index is 136. The number of unbranched alkanes of at least 4 members (excludes halogenated alkanes) is 2. The summed E-state index contributed by atoms with van der Waals surface area (Å²) in [5.41, 5.74) is 0. The van der Waals surface area contributed by atoms with E-state index in [1.807, 2.05) is 0 Å². The summed E-state index contributed by atoms with van der Waals surface area (Å²) in [6, 6.07) is 0.601. The highest BCUT2D eigenvalue weighted by Crippen LogP contribution is 2.06. The van der Waals surface area contributed by atoms with Gasteiger partial charge in [0.05, 0.1) is 6.17 Å². The predicted molar refractivity (Wildman–Crippen MR) is 69.0 cm³/mol. The van der Waals surface area contributed by atoms with Crippen LogP contribution in [0.2, 0.25) is 0 Å². The molecule has 3 unspecified atom stereocenters. The highest BCUT2D eigenvalue weighted by molar-refractivity contribution is 4.70. The Hall–Kier alpha value is -0.0800. The molecule has 0 heterocycles. The fraction of sp³-hybridized carbons (Fsp3) is 1.00. The van der Waals surface area contributed by atoms with Crippen molar-refractivity contribution in [1.82, 2.24) is 10.6 Å². The minimum Gasteiger partial charge on any atom is -0.302 e. The van der Waals surface area contributed by atoms with Crippen LogP contribution < -0.4 is 10.6 Å². The molecule has 0 aliphatic carbocycles. The van der Waals surface area contributed by atoms with Crippen LogP contribution in [-0.2, 0) is 0 Å². The molecule has 0 aliphatic heterocycles. The Morgan fingerprint density at radius 3 is 2.20 bits per heavy atom. The van der Waals surface area contributed by atoms with Crippen LogP contribution >= 0.6 is 0 Å². The van der Waals surface area contributed by atoms with Gasteiger partial charge in [0.25, 0.3) is 0 Å². The van der Waals surface area contributed by atoms with E-state index in [2.05, 4.69) is 45.3 Å². The van der Waals surface area contributed by atoms with E-state index in [0.717, 1.165) is 12.5 Å². The topological polar surface area (TPSA) is 24.1 Å². The van der Waals surface area contributed by atoms with Gasteiger partial charge in [0.15, 0.2) is 0 Å². The van der Waals surface area contributed by atoms with E-state index in [9.17, 15) is 0 Å². The van der Waals surface area contributed by atoms with E-state index >= 15 is 0 Å². The summed E-state index contributed by atoms with van der Waals surface area (Å²) in [6.45, 7) is 12.4. The fourth-order valence-electron chi connectivity index (χ4n) is 1.66. The van der Waals surface area contributed by atoms with Crippen molar-refractivity contribution in [2.45, 2.75) is 72.5 Å². The molecule has 0 bridgehead atoms. The average molecular weight is 214 g/mol. The zero-order chi connectivity index (χ0) is 11.7. The van der Waals surface area contributed by atoms with Gasteiger partial charge in [-0.05, 0) is 32.7 Å². The van der Waals surface area contributed by atoms with Gasteiger partial charge in [-0.3, -0.25) is 5.32 Å². The Labute approximate surface area is 96.2 Å². The van der Waals surface area contributed by atoms with Gasteiger partial charge in [-0.2, -0.15) is 0 Å². The van der Waals surface area contributed by atoms with Crippen molar-refractivity contribution in [2.24, 2.45) is 5.92 Å². The third kappa shape index (κ3) is 7.80. The molecule has 92 valence electrons. The second-order valence-corrected chi connectivity index (χ2v) is 4.72. The molecule has 3 atom stereocenters. The van der Waals surface area contributed by atoms with Crippen molar-refractivity contribution in [3.63, 3.8) is 0 Å². The van der Waals surface area contributed by atoms with Crippen LogP contribution in [0.15, 0.2) is 0 Å². The first kappa shape index (κ1) is 14.9. The zero-order valence-electron chi connectivity index (χ0n) is 11.3. The summed E-state index contributed by atoms with van der Waals surface area (Å²) in [5, 5.41) is 7.11. The maximum absolute atomic E-state index is 3.60. The molecule has 0 aromatic carbocycles. The van der Waals surface area contributed by atoms with E-state index in [1.165, 1.54) is 25.7 Å². The molecule has 0 aliphatic rings. The standard InChI is InChI=1S/C13H30N2/c1-6-8-9-10-14-13(5)15-12(4)11(3)7-2/h11-15H,6-10H2,1-5H3. The van der Waals surface area contributed by atoms with E-state index in [1.54, 1.807) is 0 Å². The van der Waals surface area contributed by atoms with Gasteiger partial charge in [-0.1, -0.05) is 40.0 Å².